The molecule has 2 aliphatic rings. The summed E-state index contributed by atoms with van der Waals surface area (Å²) in [5.74, 6) is -0.373. The molecule has 3 atom stereocenters. The van der Waals surface area contributed by atoms with Crippen LogP contribution in [0, 0.1) is 11.8 Å². The first-order chi connectivity index (χ1) is 13.5. The summed E-state index contributed by atoms with van der Waals surface area (Å²) in [7, 11) is 0. The van der Waals surface area contributed by atoms with Crippen molar-refractivity contribution < 1.29 is 24.6 Å². The zero-order chi connectivity index (χ0) is 22.6. The maximum absolute atomic E-state index is 11.1. The summed E-state index contributed by atoms with van der Waals surface area (Å²) in [5, 5.41) is 20.5. The summed E-state index contributed by atoms with van der Waals surface area (Å²) >= 11 is 0. The minimum atomic E-state index is -0.713. The number of rotatable bonds is 5. The van der Waals surface area contributed by atoms with Crippen molar-refractivity contribution in [2.24, 2.45) is 11.8 Å². The van der Waals surface area contributed by atoms with E-state index in [9.17, 15) is 14.4 Å². The summed E-state index contributed by atoms with van der Waals surface area (Å²) in [6.45, 7) is 13.6. The van der Waals surface area contributed by atoms with Gasteiger partial charge < -0.3 is 15.5 Å². The lowest BCUT2D eigenvalue weighted by Crippen LogP contribution is -2.50. The van der Waals surface area contributed by atoms with Crippen LogP contribution in [0.15, 0.2) is 0 Å². The van der Waals surface area contributed by atoms with Crippen LogP contribution in [0.5, 0.6) is 0 Å². The highest BCUT2D eigenvalue weighted by Crippen LogP contribution is 2.22. The van der Waals surface area contributed by atoms with Gasteiger partial charge in [-0.1, -0.05) is 40.5 Å². The third-order valence-electron chi connectivity index (χ3n) is 5.74. The van der Waals surface area contributed by atoms with E-state index in [1.807, 2.05) is 13.8 Å². The van der Waals surface area contributed by atoms with Crippen LogP contribution in [0.25, 0.3) is 0 Å². The molecule has 7 nitrogen and oxygen atoms in total. The van der Waals surface area contributed by atoms with Gasteiger partial charge in [-0.25, -0.2) is 0 Å². The van der Waals surface area contributed by atoms with E-state index in [1.165, 1.54) is 0 Å². The van der Waals surface area contributed by atoms with Crippen molar-refractivity contribution in [3.05, 3.63) is 0 Å². The molecule has 0 saturated carbocycles. The normalized spacial score (nSPS) is 23.3. The first kappa shape index (κ1) is 27.5. The average Bonchev–Trinajstić information content (AvgIpc) is 2.68. The zero-order valence-corrected chi connectivity index (χ0v) is 19.1. The summed E-state index contributed by atoms with van der Waals surface area (Å²) in [5.41, 5.74) is 0. The van der Waals surface area contributed by atoms with E-state index in [-0.39, 0.29) is 23.8 Å². The Labute approximate surface area is 176 Å². The zero-order valence-electron chi connectivity index (χ0n) is 19.1. The van der Waals surface area contributed by atoms with E-state index in [0.29, 0.717) is 12.0 Å². The minimum Gasteiger partial charge on any atom is -0.480 e. The number of carboxylic acids is 2. The minimum absolute atomic E-state index is 0.213. The van der Waals surface area contributed by atoms with Gasteiger partial charge in [-0.3, -0.25) is 19.3 Å². The van der Waals surface area contributed by atoms with Crippen LogP contribution in [-0.4, -0.2) is 64.0 Å². The smallest absolute Gasteiger partial charge is 0.320 e. The fourth-order valence-corrected chi connectivity index (χ4v) is 3.15. The van der Waals surface area contributed by atoms with Crippen LogP contribution >= 0.6 is 0 Å². The summed E-state index contributed by atoms with van der Waals surface area (Å²) in [6, 6.07) is -0.156. The van der Waals surface area contributed by atoms with Crippen molar-refractivity contribution in [3.8, 4) is 0 Å². The van der Waals surface area contributed by atoms with Crippen LogP contribution in [0.4, 0.5) is 0 Å². The molecular formula is C22H42N2O5. The number of nitrogens with one attached hydrogen (secondary N) is 1. The van der Waals surface area contributed by atoms with E-state index in [4.69, 9.17) is 10.2 Å². The Morgan fingerprint density at radius 2 is 1.45 bits per heavy atom. The molecule has 0 amide bonds. The molecule has 29 heavy (non-hydrogen) atoms. The maximum atomic E-state index is 11.1. The fourth-order valence-electron chi connectivity index (χ4n) is 3.15. The molecule has 0 radical (unpaired) electrons. The van der Waals surface area contributed by atoms with Crippen molar-refractivity contribution in [1.29, 1.82) is 0 Å². The topological polar surface area (TPSA) is 107 Å². The number of likely N-dealkylation sites (tertiary alicyclic amines) is 1. The Morgan fingerprint density at radius 3 is 1.79 bits per heavy atom. The molecule has 2 heterocycles. The Hall–Kier alpha value is -1.47. The second kappa shape index (κ2) is 14.5. The van der Waals surface area contributed by atoms with Crippen molar-refractivity contribution in [2.45, 2.75) is 98.2 Å². The van der Waals surface area contributed by atoms with Gasteiger partial charge in [0.25, 0.3) is 0 Å². The Morgan fingerprint density at radius 1 is 0.897 bits per heavy atom. The predicted octanol–water partition coefficient (Wildman–Crippen LogP) is 3.41. The van der Waals surface area contributed by atoms with Crippen LogP contribution in [0.2, 0.25) is 0 Å². The van der Waals surface area contributed by atoms with Crippen LogP contribution in [0.1, 0.15) is 80.1 Å². The van der Waals surface area contributed by atoms with E-state index in [2.05, 4.69) is 31.0 Å². The van der Waals surface area contributed by atoms with Crippen molar-refractivity contribution in [1.82, 2.24) is 10.2 Å². The Balaban J connectivity index is 0.000000448. The molecule has 2 saturated heterocycles. The molecule has 0 bridgehead atoms. The molecule has 3 N–H and O–H groups in total. The first-order valence-corrected chi connectivity index (χ1v) is 10.9. The van der Waals surface area contributed by atoms with Crippen LogP contribution < -0.4 is 5.32 Å². The SMILES string of the molecule is CC(=O)C(C)C.CC(C)C(C)N1CCCCC1C(=O)O.O=C(O)C1CCCCN1. The molecule has 0 spiro atoms. The second-order valence-corrected chi connectivity index (χ2v) is 8.68. The second-order valence-electron chi connectivity index (χ2n) is 8.68. The van der Waals surface area contributed by atoms with Gasteiger partial charge in [-0.15, -0.1) is 0 Å². The standard InChI is InChI=1S/C11H21NO2.C6H11NO2.C5H10O/c1-8(2)9(3)12-7-5-4-6-10(12)11(13)14;8-6(9)5-3-1-2-4-7-5;1-4(2)5(3)6/h8-10H,4-7H2,1-3H3,(H,13,14);5,7H,1-4H2,(H,8,9);4H,1-3H3. The van der Waals surface area contributed by atoms with Gasteiger partial charge in [-0.2, -0.15) is 0 Å². The van der Waals surface area contributed by atoms with Gasteiger partial charge in [0.1, 0.15) is 17.9 Å². The van der Waals surface area contributed by atoms with E-state index >= 15 is 0 Å². The molecule has 3 unspecified atom stereocenters. The number of hydrogen-bond acceptors (Lipinski definition) is 5. The highest BCUT2D eigenvalue weighted by atomic mass is 16.4. The van der Waals surface area contributed by atoms with Crippen molar-refractivity contribution in [2.75, 3.05) is 13.1 Å². The van der Waals surface area contributed by atoms with Gasteiger partial charge in [0.2, 0.25) is 0 Å². The van der Waals surface area contributed by atoms with Crippen LogP contribution in [-0.2, 0) is 14.4 Å². The molecule has 0 aromatic heterocycles. The summed E-state index contributed by atoms with van der Waals surface area (Å²) in [4.78, 5) is 33.6. The number of carbonyl (C=O) groups excluding carboxylic acids is 1. The molecule has 0 aliphatic carbocycles. The molecule has 7 heteroatoms. The Bertz CT molecular complexity index is 501. The maximum Gasteiger partial charge on any atom is 0.320 e. The Kier molecular flexibility index (Phi) is 13.8. The number of ketones is 1. The lowest BCUT2D eigenvalue weighted by atomic mass is 9.96. The third-order valence-corrected chi connectivity index (χ3v) is 5.74. The molecule has 2 aliphatic heterocycles. The molecule has 0 aromatic carbocycles. The van der Waals surface area contributed by atoms with Gasteiger partial charge in [0.15, 0.2) is 0 Å². The quantitative estimate of drug-likeness (QED) is 0.633. The van der Waals surface area contributed by atoms with E-state index in [0.717, 1.165) is 51.6 Å². The highest BCUT2D eigenvalue weighted by molar-refractivity contribution is 5.77. The van der Waals surface area contributed by atoms with Gasteiger partial charge >= 0.3 is 11.9 Å². The average molecular weight is 415 g/mol. The van der Waals surface area contributed by atoms with Crippen LogP contribution in [0.3, 0.4) is 0 Å². The molecule has 2 fully saturated rings. The number of nitrogens with zero attached hydrogens (tertiary/aromatic N) is 1. The number of Topliss-reactive ketones (excluding diaryl/α,β-unsaturated/α-hetero) is 1. The van der Waals surface area contributed by atoms with Gasteiger partial charge in [0, 0.05) is 12.0 Å². The number of aliphatic carboxylic acids is 2. The molecule has 2 rings (SSSR count). The number of hydrogen-bond donors (Lipinski definition) is 3. The highest BCUT2D eigenvalue weighted by Gasteiger charge is 2.32. The van der Waals surface area contributed by atoms with Gasteiger partial charge in [0.05, 0.1) is 0 Å². The lowest BCUT2D eigenvalue weighted by Gasteiger charge is -2.39. The largest absolute Gasteiger partial charge is 0.480 e. The molecular weight excluding hydrogens is 372 g/mol. The number of piperidine rings is 2. The lowest BCUT2D eigenvalue weighted by molar-refractivity contribution is -0.146. The molecule has 0 aromatic rings. The summed E-state index contributed by atoms with van der Waals surface area (Å²) in [6.07, 6.45) is 5.95. The van der Waals surface area contributed by atoms with Gasteiger partial charge in [-0.05, 0) is 58.5 Å². The number of carboxylic acid groups (broad SMARTS) is 2. The number of carbonyl (C=O) groups is 3. The van der Waals surface area contributed by atoms with Crippen molar-refractivity contribution in [3.63, 3.8) is 0 Å². The monoisotopic (exact) mass is 414 g/mol. The van der Waals surface area contributed by atoms with E-state index in [1.54, 1.807) is 6.92 Å². The summed E-state index contributed by atoms with van der Waals surface area (Å²) < 4.78 is 0. The van der Waals surface area contributed by atoms with Crippen molar-refractivity contribution >= 4 is 17.7 Å². The fraction of sp³-hybridized carbons (Fsp3) is 0.864. The first-order valence-electron chi connectivity index (χ1n) is 10.9. The molecule has 170 valence electrons. The van der Waals surface area contributed by atoms with E-state index < -0.39 is 11.9 Å². The predicted molar refractivity (Wildman–Crippen MR) is 115 cm³/mol. The third kappa shape index (κ3) is 11.3.